The third kappa shape index (κ3) is 2.77. The van der Waals surface area contributed by atoms with E-state index in [1.54, 1.807) is 0 Å². The van der Waals surface area contributed by atoms with Gasteiger partial charge in [0.15, 0.2) is 0 Å². The van der Waals surface area contributed by atoms with Gasteiger partial charge in [0.2, 0.25) is 0 Å². The van der Waals surface area contributed by atoms with Gasteiger partial charge in [-0.2, -0.15) is 0 Å². The Labute approximate surface area is 127 Å². The molecule has 0 aliphatic carbocycles. The number of hydrogen-bond acceptors (Lipinski definition) is 1. The molecule has 0 saturated carbocycles. The van der Waals surface area contributed by atoms with Gasteiger partial charge in [0.05, 0.1) is 19.6 Å². The number of likely N-dealkylation sites (tertiary alicyclic amines) is 1. The molecular formula is C16H19F2N3O. The summed E-state index contributed by atoms with van der Waals surface area (Å²) in [6, 6.07) is 4.86. The number of amides is 2. The van der Waals surface area contributed by atoms with E-state index in [1.165, 1.54) is 11.0 Å². The van der Waals surface area contributed by atoms with Gasteiger partial charge < -0.3 is 15.2 Å². The second-order valence-corrected chi connectivity index (χ2v) is 6.07. The van der Waals surface area contributed by atoms with Crippen LogP contribution in [0, 0.1) is 5.82 Å². The SMILES string of the molecule is CC(C)c1cc2[nH]c(CNC(=O)N3CC(F)C3)cc2cc1F. The molecule has 1 fully saturated rings. The van der Waals surface area contributed by atoms with Crippen molar-refractivity contribution in [1.82, 2.24) is 15.2 Å². The molecule has 1 aromatic carbocycles. The Balaban J connectivity index is 1.71. The van der Waals surface area contributed by atoms with Crippen molar-refractivity contribution in [2.45, 2.75) is 32.5 Å². The zero-order valence-electron chi connectivity index (χ0n) is 12.6. The van der Waals surface area contributed by atoms with E-state index in [-0.39, 0.29) is 30.9 Å². The van der Waals surface area contributed by atoms with Crippen LogP contribution in [-0.4, -0.2) is 35.2 Å². The molecule has 0 spiro atoms. The third-order valence-corrected chi connectivity index (χ3v) is 3.97. The number of benzene rings is 1. The zero-order chi connectivity index (χ0) is 15.9. The highest BCUT2D eigenvalue weighted by Gasteiger charge is 2.30. The summed E-state index contributed by atoms with van der Waals surface area (Å²) in [5, 5.41) is 3.51. The van der Waals surface area contributed by atoms with Gasteiger partial charge >= 0.3 is 6.03 Å². The van der Waals surface area contributed by atoms with E-state index in [4.69, 9.17) is 0 Å². The first-order valence-electron chi connectivity index (χ1n) is 7.42. The second-order valence-electron chi connectivity index (χ2n) is 6.07. The Morgan fingerprint density at radius 2 is 2.14 bits per heavy atom. The molecule has 118 valence electrons. The molecule has 2 amide bonds. The Hall–Kier alpha value is -2.11. The molecule has 3 rings (SSSR count). The fourth-order valence-corrected chi connectivity index (χ4v) is 2.64. The van der Waals surface area contributed by atoms with Crippen LogP contribution in [0.2, 0.25) is 0 Å². The fraction of sp³-hybridized carbons (Fsp3) is 0.438. The van der Waals surface area contributed by atoms with Gasteiger partial charge in [0, 0.05) is 16.6 Å². The number of hydrogen-bond donors (Lipinski definition) is 2. The van der Waals surface area contributed by atoms with E-state index >= 15 is 0 Å². The number of nitrogens with one attached hydrogen (secondary N) is 2. The molecular weight excluding hydrogens is 288 g/mol. The Morgan fingerprint density at radius 1 is 1.41 bits per heavy atom. The average Bonchev–Trinajstić information content (AvgIpc) is 2.81. The maximum atomic E-state index is 14.0. The lowest BCUT2D eigenvalue weighted by Crippen LogP contribution is -2.54. The number of urea groups is 1. The molecule has 2 heterocycles. The zero-order valence-corrected chi connectivity index (χ0v) is 12.6. The predicted molar refractivity (Wildman–Crippen MR) is 81.1 cm³/mol. The largest absolute Gasteiger partial charge is 0.357 e. The fourth-order valence-electron chi connectivity index (χ4n) is 2.64. The molecule has 22 heavy (non-hydrogen) atoms. The quantitative estimate of drug-likeness (QED) is 0.898. The highest BCUT2D eigenvalue weighted by Crippen LogP contribution is 2.25. The van der Waals surface area contributed by atoms with Crippen LogP contribution in [0.3, 0.4) is 0 Å². The molecule has 1 aliphatic heterocycles. The normalized spacial score (nSPS) is 15.4. The standard InChI is InChI=1S/C16H19F2N3O/c1-9(2)13-5-15-10(4-14(13)18)3-12(20-15)6-19-16(22)21-7-11(17)8-21/h3-5,9,11,20H,6-8H2,1-2H3,(H,19,22). The van der Waals surface area contributed by atoms with Crippen LogP contribution in [0.15, 0.2) is 18.2 Å². The Bertz CT molecular complexity index is 705. The first kappa shape index (κ1) is 14.8. The van der Waals surface area contributed by atoms with Gasteiger partial charge in [-0.1, -0.05) is 13.8 Å². The molecule has 1 saturated heterocycles. The van der Waals surface area contributed by atoms with Crippen molar-refractivity contribution in [3.8, 4) is 0 Å². The minimum atomic E-state index is -0.906. The summed E-state index contributed by atoms with van der Waals surface area (Å²) >= 11 is 0. The van der Waals surface area contributed by atoms with Crippen LogP contribution in [-0.2, 0) is 6.54 Å². The van der Waals surface area contributed by atoms with Crippen molar-refractivity contribution in [2.24, 2.45) is 0 Å². The molecule has 1 aliphatic rings. The summed E-state index contributed by atoms with van der Waals surface area (Å²) in [5.74, 6) is -0.109. The van der Waals surface area contributed by atoms with E-state index in [0.29, 0.717) is 12.1 Å². The predicted octanol–water partition coefficient (Wildman–Crippen LogP) is 3.29. The number of rotatable bonds is 3. The molecule has 2 aromatic rings. The maximum absolute atomic E-state index is 14.0. The molecule has 6 heteroatoms. The van der Waals surface area contributed by atoms with Crippen molar-refractivity contribution >= 4 is 16.9 Å². The monoisotopic (exact) mass is 307 g/mol. The summed E-state index contributed by atoms with van der Waals surface area (Å²) in [6.07, 6.45) is -0.906. The van der Waals surface area contributed by atoms with E-state index < -0.39 is 6.17 Å². The Morgan fingerprint density at radius 3 is 2.77 bits per heavy atom. The van der Waals surface area contributed by atoms with E-state index in [0.717, 1.165) is 16.6 Å². The number of halogens is 2. The first-order chi connectivity index (χ1) is 10.4. The molecule has 0 atom stereocenters. The number of alkyl halides is 1. The molecule has 4 nitrogen and oxygen atoms in total. The lowest BCUT2D eigenvalue weighted by atomic mass is 10.0. The van der Waals surface area contributed by atoms with Gasteiger partial charge in [0.25, 0.3) is 0 Å². The van der Waals surface area contributed by atoms with Crippen molar-refractivity contribution in [3.05, 3.63) is 35.3 Å². The van der Waals surface area contributed by atoms with Crippen LogP contribution in [0.5, 0.6) is 0 Å². The highest BCUT2D eigenvalue weighted by atomic mass is 19.1. The van der Waals surface area contributed by atoms with Crippen LogP contribution in [0.25, 0.3) is 10.9 Å². The topological polar surface area (TPSA) is 48.1 Å². The highest BCUT2D eigenvalue weighted by molar-refractivity contribution is 5.82. The van der Waals surface area contributed by atoms with Gasteiger partial charge in [-0.3, -0.25) is 0 Å². The third-order valence-electron chi connectivity index (χ3n) is 3.97. The van der Waals surface area contributed by atoms with E-state index in [1.807, 2.05) is 26.0 Å². The minimum Gasteiger partial charge on any atom is -0.357 e. The van der Waals surface area contributed by atoms with Crippen molar-refractivity contribution in [2.75, 3.05) is 13.1 Å². The van der Waals surface area contributed by atoms with Gasteiger partial charge in [-0.05, 0) is 29.7 Å². The maximum Gasteiger partial charge on any atom is 0.317 e. The van der Waals surface area contributed by atoms with Crippen LogP contribution in [0.1, 0.15) is 31.0 Å². The van der Waals surface area contributed by atoms with Gasteiger partial charge in [-0.25, -0.2) is 13.6 Å². The number of H-pyrrole nitrogens is 1. The van der Waals surface area contributed by atoms with Crippen molar-refractivity contribution in [3.63, 3.8) is 0 Å². The molecule has 0 bridgehead atoms. The molecule has 1 aromatic heterocycles. The lowest BCUT2D eigenvalue weighted by Gasteiger charge is -2.34. The lowest BCUT2D eigenvalue weighted by molar-refractivity contribution is 0.0896. The first-order valence-corrected chi connectivity index (χ1v) is 7.42. The number of aromatic amines is 1. The summed E-state index contributed by atoms with van der Waals surface area (Å²) in [5.41, 5.74) is 2.31. The van der Waals surface area contributed by atoms with Crippen LogP contribution < -0.4 is 5.32 Å². The van der Waals surface area contributed by atoms with Gasteiger partial charge in [-0.15, -0.1) is 0 Å². The average molecular weight is 307 g/mol. The number of carbonyl (C=O) groups is 1. The summed E-state index contributed by atoms with van der Waals surface area (Å²) in [6.45, 7) is 4.50. The number of nitrogens with zero attached hydrogens (tertiary/aromatic N) is 1. The molecule has 2 N–H and O–H groups in total. The van der Waals surface area contributed by atoms with E-state index in [2.05, 4.69) is 10.3 Å². The minimum absolute atomic E-state index is 0.107. The number of aromatic nitrogens is 1. The smallest absolute Gasteiger partial charge is 0.317 e. The summed E-state index contributed by atoms with van der Waals surface area (Å²) in [4.78, 5) is 16.3. The number of fused-ring (bicyclic) bond motifs is 1. The van der Waals surface area contributed by atoms with Crippen molar-refractivity contribution in [1.29, 1.82) is 0 Å². The van der Waals surface area contributed by atoms with Crippen LogP contribution in [0.4, 0.5) is 13.6 Å². The van der Waals surface area contributed by atoms with E-state index in [9.17, 15) is 13.6 Å². The van der Waals surface area contributed by atoms with Crippen LogP contribution >= 0.6 is 0 Å². The molecule has 0 radical (unpaired) electrons. The summed E-state index contributed by atoms with van der Waals surface area (Å²) in [7, 11) is 0. The number of carbonyl (C=O) groups excluding carboxylic acids is 1. The van der Waals surface area contributed by atoms with Gasteiger partial charge in [0.1, 0.15) is 12.0 Å². The second kappa shape index (κ2) is 5.59. The van der Waals surface area contributed by atoms with Crippen molar-refractivity contribution < 1.29 is 13.6 Å². The Kier molecular flexibility index (Phi) is 3.76. The summed E-state index contributed by atoms with van der Waals surface area (Å²) < 4.78 is 26.7. The molecule has 0 unspecified atom stereocenters.